The standard InChI is InChI=1S/C15H12IN3O2S/c1-8-7-22-15-17-9(2)12(14(21)19(8)15)18-13(20)10-3-5-11(16)6-4-10/h3-7H,1-2H3,(H,18,20). The predicted octanol–water partition coefficient (Wildman–Crippen LogP) is 3.23. The molecule has 7 heteroatoms. The van der Waals surface area contributed by atoms with E-state index in [1.54, 1.807) is 19.1 Å². The number of halogens is 1. The van der Waals surface area contributed by atoms with Crippen molar-refractivity contribution >= 4 is 50.5 Å². The van der Waals surface area contributed by atoms with Gasteiger partial charge in [-0.1, -0.05) is 0 Å². The molecule has 0 fully saturated rings. The van der Waals surface area contributed by atoms with E-state index in [0.717, 1.165) is 9.26 Å². The number of rotatable bonds is 2. The highest BCUT2D eigenvalue weighted by Gasteiger charge is 2.15. The van der Waals surface area contributed by atoms with E-state index >= 15 is 0 Å². The first kappa shape index (κ1) is 15.2. The van der Waals surface area contributed by atoms with E-state index in [4.69, 9.17) is 0 Å². The van der Waals surface area contributed by atoms with Gasteiger partial charge in [-0.05, 0) is 60.7 Å². The molecule has 1 amide bonds. The highest BCUT2D eigenvalue weighted by Crippen LogP contribution is 2.16. The summed E-state index contributed by atoms with van der Waals surface area (Å²) < 4.78 is 2.56. The summed E-state index contributed by atoms with van der Waals surface area (Å²) >= 11 is 3.58. The second kappa shape index (κ2) is 5.81. The number of hydrogen-bond donors (Lipinski definition) is 1. The van der Waals surface area contributed by atoms with Gasteiger partial charge in [-0.25, -0.2) is 4.98 Å². The van der Waals surface area contributed by atoms with Crippen molar-refractivity contribution in [3.05, 3.63) is 60.5 Å². The lowest BCUT2D eigenvalue weighted by molar-refractivity contribution is 0.102. The Balaban J connectivity index is 2.03. The van der Waals surface area contributed by atoms with E-state index in [2.05, 4.69) is 32.9 Å². The van der Waals surface area contributed by atoms with Gasteiger partial charge in [0.25, 0.3) is 11.5 Å². The molecule has 0 atom stereocenters. The molecule has 0 bridgehead atoms. The van der Waals surface area contributed by atoms with Crippen molar-refractivity contribution < 1.29 is 4.79 Å². The number of anilines is 1. The zero-order valence-electron chi connectivity index (χ0n) is 11.9. The molecule has 0 unspecified atom stereocenters. The molecule has 22 heavy (non-hydrogen) atoms. The average molecular weight is 425 g/mol. The molecule has 1 N–H and O–H groups in total. The lowest BCUT2D eigenvalue weighted by Crippen LogP contribution is -2.25. The van der Waals surface area contributed by atoms with Gasteiger partial charge in [0, 0.05) is 20.2 Å². The monoisotopic (exact) mass is 425 g/mol. The maximum absolute atomic E-state index is 12.6. The number of thiazole rings is 1. The Morgan fingerprint density at radius 3 is 2.64 bits per heavy atom. The maximum Gasteiger partial charge on any atom is 0.282 e. The van der Waals surface area contributed by atoms with Gasteiger partial charge in [-0.2, -0.15) is 0 Å². The minimum Gasteiger partial charge on any atom is -0.316 e. The summed E-state index contributed by atoms with van der Waals surface area (Å²) in [4.78, 5) is 29.9. The topological polar surface area (TPSA) is 63.5 Å². The van der Waals surface area contributed by atoms with Crippen LogP contribution < -0.4 is 10.9 Å². The molecule has 0 radical (unpaired) electrons. The minimum absolute atomic E-state index is 0.225. The van der Waals surface area contributed by atoms with Crippen LogP contribution in [0.3, 0.4) is 0 Å². The van der Waals surface area contributed by atoms with Gasteiger partial charge < -0.3 is 5.32 Å². The number of carbonyl (C=O) groups excluding carboxylic acids is 1. The van der Waals surface area contributed by atoms with Crippen molar-refractivity contribution in [3.63, 3.8) is 0 Å². The summed E-state index contributed by atoms with van der Waals surface area (Å²) in [5, 5.41) is 4.56. The first-order valence-corrected chi connectivity index (χ1v) is 8.47. The third-order valence-electron chi connectivity index (χ3n) is 3.27. The molecule has 3 aromatic rings. The third kappa shape index (κ3) is 2.66. The summed E-state index contributed by atoms with van der Waals surface area (Å²) in [7, 11) is 0. The van der Waals surface area contributed by atoms with Crippen LogP contribution >= 0.6 is 33.9 Å². The molecule has 2 aromatic heterocycles. The Kier molecular flexibility index (Phi) is 4.00. The number of nitrogens with one attached hydrogen (secondary N) is 1. The Bertz CT molecular complexity index is 928. The maximum atomic E-state index is 12.6. The van der Waals surface area contributed by atoms with E-state index in [-0.39, 0.29) is 17.2 Å². The van der Waals surface area contributed by atoms with E-state index in [0.29, 0.717) is 16.2 Å². The number of nitrogens with zero attached hydrogens (tertiary/aromatic N) is 2. The van der Waals surface area contributed by atoms with Gasteiger partial charge in [0.15, 0.2) is 4.96 Å². The molecule has 0 aliphatic heterocycles. The van der Waals surface area contributed by atoms with Gasteiger partial charge >= 0.3 is 0 Å². The summed E-state index contributed by atoms with van der Waals surface area (Å²) in [6.45, 7) is 3.56. The zero-order chi connectivity index (χ0) is 15.9. The van der Waals surface area contributed by atoms with Crippen LogP contribution in [0.1, 0.15) is 21.7 Å². The van der Waals surface area contributed by atoms with E-state index in [1.165, 1.54) is 15.7 Å². The van der Waals surface area contributed by atoms with Crippen LogP contribution in [0.5, 0.6) is 0 Å². The lowest BCUT2D eigenvalue weighted by atomic mass is 10.2. The van der Waals surface area contributed by atoms with Crippen LogP contribution in [0.25, 0.3) is 4.96 Å². The fraction of sp³-hybridized carbons (Fsp3) is 0.133. The second-order valence-electron chi connectivity index (χ2n) is 4.83. The van der Waals surface area contributed by atoms with Gasteiger partial charge in [-0.3, -0.25) is 14.0 Å². The second-order valence-corrected chi connectivity index (χ2v) is 6.92. The third-order valence-corrected chi connectivity index (χ3v) is 4.93. The zero-order valence-corrected chi connectivity index (χ0v) is 14.9. The molecule has 0 aliphatic carbocycles. The molecule has 0 saturated carbocycles. The number of amides is 1. The summed E-state index contributed by atoms with van der Waals surface area (Å²) in [5.74, 6) is -0.314. The van der Waals surface area contributed by atoms with Crippen LogP contribution in [-0.2, 0) is 0 Å². The SMILES string of the molecule is Cc1nc2scc(C)n2c(=O)c1NC(=O)c1ccc(I)cc1. The number of aromatic nitrogens is 2. The average Bonchev–Trinajstić information content (AvgIpc) is 2.85. The molecule has 0 spiro atoms. The van der Waals surface area contributed by atoms with Gasteiger partial charge in [0.2, 0.25) is 0 Å². The molecular formula is C15H12IN3O2S. The van der Waals surface area contributed by atoms with Crippen LogP contribution in [-0.4, -0.2) is 15.3 Å². The number of aryl methyl sites for hydroxylation is 2. The molecule has 5 nitrogen and oxygen atoms in total. The fourth-order valence-corrected chi connectivity index (χ4v) is 3.38. The Hall–Kier alpha value is -1.74. The molecule has 1 aromatic carbocycles. The normalized spacial score (nSPS) is 10.9. The summed E-state index contributed by atoms with van der Waals surface area (Å²) in [6.07, 6.45) is 0. The Morgan fingerprint density at radius 2 is 1.95 bits per heavy atom. The van der Waals surface area contributed by atoms with Crippen molar-refractivity contribution in [1.82, 2.24) is 9.38 Å². The molecule has 2 heterocycles. The van der Waals surface area contributed by atoms with Crippen molar-refractivity contribution in [2.24, 2.45) is 0 Å². The highest BCUT2D eigenvalue weighted by atomic mass is 127. The van der Waals surface area contributed by atoms with E-state index in [1.807, 2.05) is 24.4 Å². The van der Waals surface area contributed by atoms with Crippen LogP contribution in [0, 0.1) is 17.4 Å². The van der Waals surface area contributed by atoms with Gasteiger partial charge in [-0.15, -0.1) is 11.3 Å². The first-order valence-electron chi connectivity index (χ1n) is 6.52. The largest absolute Gasteiger partial charge is 0.316 e. The van der Waals surface area contributed by atoms with E-state index < -0.39 is 0 Å². The number of carbonyl (C=O) groups is 1. The molecule has 3 rings (SSSR count). The minimum atomic E-state index is -0.314. The Morgan fingerprint density at radius 1 is 1.27 bits per heavy atom. The number of benzene rings is 1. The van der Waals surface area contributed by atoms with Crippen LogP contribution in [0.4, 0.5) is 5.69 Å². The van der Waals surface area contributed by atoms with Gasteiger partial charge in [0.05, 0.1) is 5.69 Å². The number of hydrogen-bond acceptors (Lipinski definition) is 4. The Labute approximate surface area is 144 Å². The van der Waals surface area contributed by atoms with Crippen molar-refractivity contribution in [2.45, 2.75) is 13.8 Å². The molecule has 0 saturated heterocycles. The number of fused-ring (bicyclic) bond motifs is 1. The van der Waals surface area contributed by atoms with Crippen molar-refractivity contribution in [1.29, 1.82) is 0 Å². The van der Waals surface area contributed by atoms with Crippen molar-refractivity contribution in [2.75, 3.05) is 5.32 Å². The predicted molar refractivity (Wildman–Crippen MR) is 95.9 cm³/mol. The summed E-state index contributed by atoms with van der Waals surface area (Å²) in [6, 6.07) is 7.15. The molecule has 112 valence electrons. The molecular weight excluding hydrogens is 413 g/mol. The van der Waals surface area contributed by atoms with E-state index in [9.17, 15) is 9.59 Å². The summed E-state index contributed by atoms with van der Waals surface area (Å²) in [5.41, 5.74) is 1.81. The lowest BCUT2D eigenvalue weighted by Gasteiger charge is -2.08. The highest BCUT2D eigenvalue weighted by molar-refractivity contribution is 14.1. The van der Waals surface area contributed by atoms with Crippen LogP contribution in [0.15, 0.2) is 34.4 Å². The molecule has 0 aliphatic rings. The quantitative estimate of drug-likeness (QED) is 0.642. The fourth-order valence-electron chi connectivity index (χ4n) is 2.11. The van der Waals surface area contributed by atoms with Crippen LogP contribution in [0.2, 0.25) is 0 Å². The van der Waals surface area contributed by atoms with Crippen molar-refractivity contribution in [3.8, 4) is 0 Å². The first-order chi connectivity index (χ1) is 10.5. The van der Waals surface area contributed by atoms with Gasteiger partial charge in [0.1, 0.15) is 5.69 Å². The smallest absolute Gasteiger partial charge is 0.282 e.